The zero-order valence-corrected chi connectivity index (χ0v) is 6.84. The monoisotopic (exact) mass is 123 g/mol. The minimum atomic E-state index is -1.33. The lowest BCUT2D eigenvalue weighted by atomic mass is 11.6. The first kappa shape index (κ1) is 7.31. The van der Waals surface area contributed by atoms with E-state index in [4.69, 9.17) is 0 Å². The Morgan fingerprint density at radius 3 is 1.14 bits per heavy atom. The van der Waals surface area contributed by atoms with Crippen molar-refractivity contribution in [3.05, 3.63) is 0 Å². The molecule has 2 heteroatoms. The van der Waals surface area contributed by atoms with Gasteiger partial charge in [0, 0.05) is 0 Å². The second-order valence-electron chi connectivity index (χ2n) is 3.80. The van der Waals surface area contributed by atoms with E-state index in [-0.39, 0.29) is 0 Å². The van der Waals surface area contributed by atoms with E-state index >= 15 is 0 Å². The third kappa shape index (κ3) is 6.31. The van der Waals surface area contributed by atoms with Crippen molar-refractivity contribution in [2.45, 2.75) is 0 Å². The highest BCUT2D eigenvalue weighted by atomic mass is 32.3. The van der Waals surface area contributed by atoms with Crippen LogP contribution in [0.3, 0.4) is 0 Å². The average molecular weight is 123 g/mol. The summed E-state index contributed by atoms with van der Waals surface area (Å²) in [6, 6.07) is 0. The first-order valence-electron chi connectivity index (χ1n) is 2.51. The molecule has 0 fully saturated rings. The molecule has 1 nitrogen and oxygen atoms in total. The predicted octanol–water partition coefficient (Wildman–Crippen LogP) is 0.713. The van der Waals surface area contributed by atoms with Crippen LogP contribution in [-0.2, 0) is 0 Å². The first-order chi connectivity index (χ1) is 2.81. The van der Waals surface area contributed by atoms with Crippen LogP contribution in [0.1, 0.15) is 0 Å². The number of nitrogens with one attached hydrogen (secondary N) is 1. The van der Waals surface area contributed by atoms with E-state index < -0.39 is 9.35 Å². The molecule has 7 heavy (non-hydrogen) atoms. The molecule has 0 aromatic rings. The van der Waals surface area contributed by atoms with Gasteiger partial charge in [-0.15, -0.1) is 0 Å². The summed E-state index contributed by atoms with van der Waals surface area (Å²) in [4.78, 5) is 0. The van der Waals surface area contributed by atoms with Gasteiger partial charge in [0.1, 0.15) is 0 Å². The molecular formula is C5H17NS. The summed E-state index contributed by atoms with van der Waals surface area (Å²) >= 11 is 0. The molecule has 0 aromatic heterocycles. The van der Waals surface area contributed by atoms with Crippen LogP contribution in [-0.4, -0.2) is 32.1 Å². The number of hydrogen-bond donors (Lipinski definition) is 2. The van der Waals surface area contributed by atoms with E-state index in [0.29, 0.717) is 0 Å². The van der Waals surface area contributed by atoms with Gasteiger partial charge in [0.2, 0.25) is 0 Å². The fourth-order valence-corrected chi connectivity index (χ4v) is 0. The molecule has 0 saturated carbocycles. The highest BCUT2D eigenvalue weighted by Gasteiger charge is 2.12. The van der Waals surface area contributed by atoms with Gasteiger partial charge in [0.15, 0.2) is 0 Å². The SMILES string of the molecule is CN[SH](C)(C)(C)C. The van der Waals surface area contributed by atoms with Crippen LogP contribution in [0.15, 0.2) is 0 Å². The van der Waals surface area contributed by atoms with Gasteiger partial charge in [-0.1, -0.05) is 0 Å². The van der Waals surface area contributed by atoms with Crippen molar-refractivity contribution < 1.29 is 0 Å². The van der Waals surface area contributed by atoms with Gasteiger partial charge in [-0.05, 0) is 32.1 Å². The van der Waals surface area contributed by atoms with E-state index in [2.05, 4.69) is 29.7 Å². The lowest BCUT2D eigenvalue weighted by Crippen LogP contribution is -2.25. The first-order valence-corrected chi connectivity index (χ1v) is 6.54. The molecule has 0 saturated heterocycles. The van der Waals surface area contributed by atoms with Crippen LogP contribution in [0.25, 0.3) is 0 Å². The molecule has 48 valence electrons. The maximum absolute atomic E-state index is 3.31. The van der Waals surface area contributed by atoms with Gasteiger partial charge in [0.25, 0.3) is 0 Å². The number of rotatable bonds is 1. The lowest BCUT2D eigenvalue weighted by molar-refractivity contribution is 1.24. The largest absolute Gasteiger partial charge is 0.300 e. The normalized spacial score (nSPS) is 18.1. The molecule has 0 radical (unpaired) electrons. The highest BCUT2D eigenvalue weighted by molar-refractivity contribution is 8.46. The molecule has 0 amide bonds. The van der Waals surface area contributed by atoms with E-state index in [9.17, 15) is 0 Å². The summed E-state index contributed by atoms with van der Waals surface area (Å²) in [5.41, 5.74) is 0. The van der Waals surface area contributed by atoms with Crippen molar-refractivity contribution in [1.82, 2.24) is 4.72 Å². The van der Waals surface area contributed by atoms with Gasteiger partial charge < -0.3 is 0 Å². The van der Waals surface area contributed by atoms with Gasteiger partial charge in [-0.25, -0.2) is 0 Å². The Kier molecular flexibility index (Phi) is 1.45. The van der Waals surface area contributed by atoms with Crippen LogP contribution in [0.5, 0.6) is 0 Å². The van der Waals surface area contributed by atoms with Crippen molar-refractivity contribution in [2.75, 3.05) is 32.1 Å². The topological polar surface area (TPSA) is 12.0 Å². The highest BCUT2D eigenvalue weighted by Crippen LogP contribution is 2.49. The molecule has 1 N–H and O–H groups in total. The fraction of sp³-hybridized carbons (Fsp3) is 1.00. The minimum absolute atomic E-state index is 1.33. The third-order valence-corrected chi connectivity index (χ3v) is 2.68. The minimum Gasteiger partial charge on any atom is -0.300 e. The lowest BCUT2D eigenvalue weighted by Gasteiger charge is -2.47. The van der Waals surface area contributed by atoms with Crippen LogP contribution in [0, 0.1) is 0 Å². The molecule has 0 unspecified atom stereocenters. The number of hydrogen-bond acceptors (Lipinski definition) is 1. The van der Waals surface area contributed by atoms with Crippen LogP contribution in [0.2, 0.25) is 0 Å². The Balaban J connectivity index is 3.83. The molecule has 0 rings (SSSR count). The van der Waals surface area contributed by atoms with Crippen molar-refractivity contribution in [2.24, 2.45) is 0 Å². The Bertz CT molecular complexity index is 60.6. The van der Waals surface area contributed by atoms with Crippen molar-refractivity contribution >= 4 is 9.35 Å². The smallest absolute Gasteiger partial charge is 0.00878 e. The molecule has 0 spiro atoms. The summed E-state index contributed by atoms with van der Waals surface area (Å²) in [7, 11) is 0.700. The fourth-order valence-electron chi connectivity index (χ4n) is 0. The summed E-state index contributed by atoms with van der Waals surface area (Å²) in [5, 5.41) is 0. The third-order valence-electron chi connectivity index (χ3n) is 0.894. The molecule has 0 aliphatic carbocycles. The summed E-state index contributed by atoms with van der Waals surface area (Å²) < 4.78 is 3.31. The van der Waals surface area contributed by atoms with E-state index in [1.165, 1.54) is 0 Å². The maximum Gasteiger partial charge on any atom is -0.00878 e. The summed E-state index contributed by atoms with van der Waals surface area (Å²) in [5.74, 6) is 0. The Labute approximate surface area is 46.9 Å². The summed E-state index contributed by atoms with van der Waals surface area (Å²) in [6.45, 7) is 0. The Morgan fingerprint density at radius 2 is 1.14 bits per heavy atom. The van der Waals surface area contributed by atoms with E-state index in [0.717, 1.165) is 0 Å². The maximum atomic E-state index is 3.31. The van der Waals surface area contributed by atoms with Gasteiger partial charge in [-0.2, -0.15) is 0 Å². The van der Waals surface area contributed by atoms with Gasteiger partial charge in [-0.3, -0.25) is 14.1 Å². The second kappa shape index (κ2) is 1.39. The quantitative estimate of drug-likeness (QED) is 0.489. The van der Waals surface area contributed by atoms with Crippen LogP contribution >= 0.6 is 9.35 Å². The zero-order chi connectivity index (χ0) is 6.15. The molecular weight excluding hydrogens is 106 g/mol. The molecule has 0 atom stereocenters. The molecule has 0 heterocycles. The standard InChI is InChI=1S/C5H17NS/c1-6-7(2,3,4)5/h6-7H,1-5H3. The Hall–Kier alpha value is 0.310. The van der Waals surface area contributed by atoms with Crippen LogP contribution in [0.4, 0.5) is 0 Å². The predicted molar refractivity (Wildman–Crippen MR) is 41.7 cm³/mol. The van der Waals surface area contributed by atoms with Crippen LogP contribution < -0.4 is 4.72 Å². The molecule has 0 bridgehead atoms. The van der Waals surface area contributed by atoms with E-state index in [1.54, 1.807) is 0 Å². The van der Waals surface area contributed by atoms with Gasteiger partial charge >= 0.3 is 0 Å². The zero-order valence-electron chi connectivity index (χ0n) is 5.95. The summed E-state index contributed by atoms with van der Waals surface area (Å²) in [6.07, 6.45) is 9.13. The van der Waals surface area contributed by atoms with Gasteiger partial charge in [0.05, 0.1) is 0 Å². The van der Waals surface area contributed by atoms with Crippen molar-refractivity contribution in [3.63, 3.8) is 0 Å². The van der Waals surface area contributed by atoms with Crippen molar-refractivity contribution in [3.8, 4) is 0 Å². The number of thiol groups is 1. The Morgan fingerprint density at radius 1 is 1.00 bits per heavy atom. The average Bonchev–Trinajstić information content (AvgIpc) is 1.32. The van der Waals surface area contributed by atoms with Crippen molar-refractivity contribution in [1.29, 1.82) is 0 Å². The van der Waals surface area contributed by atoms with E-state index in [1.807, 2.05) is 7.05 Å². The second-order valence-corrected chi connectivity index (χ2v) is 11.4. The molecule has 0 aliphatic rings. The molecule has 0 aliphatic heterocycles. The molecule has 0 aromatic carbocycles.